The molecule has 0 bridgehead atoms. The molecule has 0 fully saturated rings. The summed E-state index contributed by atoms with van der Waals surface area (Å²) in [6.07, 6.45) is -0.979. The molecule has 0 aliphatic carbocycles. The van der Waals surface area contributed by atoms with Gasteiger partial charge < -0.3 is 15.9 Å². The summed E-state index contributed by atoms with van der Waals surface area (Å²) in [5.41, 5.74) is 4.91. The summed E-state index contributed by atoms with van der Waals surface area (Å²) in [6, 6.07) is -1.16. The highest BCUT2D eigenvalue weighted by molar-refractivity contribution is 6.92. The minimum Gasteiger partial charge on any atom is -0.480 e. The fourth-order valence-electron chi connectivity index (χ4n) is 0.206. The Morgan fingerprint density at radius 1 is 1.67 bits per heavy atom. The molecule has 0 amide bonds. The van der Waals surface area contributed by atoms with Crippen LogP contribution in [0.4, 0.5) is 0 Å². The van der Waals surface area contributed by atoms with Gasteiger partial charge in [-0.2, -0.15) is 9.90 Å². The quantitative estimate of drug-likeness (QED) is 0.437. The molecule has 3 atom stereocenters. The molecule has 0 saturated heterocycles. The Morgan fingerprint density at radius 2 is 2.00 bits per heavy atom. The summed E-state index contributed by atoms with van der Waals surface area (Å²) in [7, 11) is 0. The molecule has 0 aromatic rings. The monoisotopic (exact) mass is 153 g/mol. The van der Waals surface area contributed by atoms with E-state index in [1.165, 1.54) is 6.92 Å². The van der Waals surface area contributed by atoms with Gasteiger partial charge in [-0.25, -0.2) is 0 Å². The van der Waals surface area contributed by atoms with Gasteiger partial charge in [0, 0.05) is 0 Å². The highest BCUT2D eigenvalue weighted by Gasteiger charge is 2.16. The van der Waals surface area contributed by atoms with Gasteiger partial charge in [0.15, 0.2) is 0 Å². The lowest BCUT2D eigenvalue weighted by Crippen LogP contribution is -2.39. The van der Waals surface area contributed by atoms with Crippen molar-refractivity contribution in [2.45, 2.75) is 19.1 Å². The lowest BCUT2D eigenvalue weighted by Gasteiger charge is -2.06. The molecule has 3 unspecified atom stereocenters. The number of rotatable bonds is 2. The van der Waals surface area contributed by atoms with Gasteiger partial charge in [-0.05, 0) is 6.92 Å². The summed E-state index contributed by atoms with van der Waals surface area (Å²) in [5.74, 6) is -1.18. The molecule has 0 aliphatic heterocycles. The molecule has 0 saturated carbocycles. The molecule has 4 nitrogen and oxygen atoms in total. The van der Waals surface area contributed by atoms with Gasteiger partial charge in [0.2, 0.25) is 0 Å². The number of nitrogens with two attached hydrogens (primary N) is 1. The Kier molecular flexibility index (Phi) is 6.02. The molecular weight excluding hydrogens is 141 g/mol. The van der Waals surface area contributed by atoms with Crippen molar-refractivity contribution in [3.05, 3.63) is 0 Å². The second-order valence-corrected chi connectivity index (χ2v) is 1.60. The highest BCUT2D eigenvalue weighted by atomic mass is 31.0. The first-order chi connectivity index (χ1) is 3.55. The number of carboxylic acids is 1. The molecule has 5 heteroatoms. The average molecular weight is 153 g/mol. The van der Waals surface area contributed by atoms with Crippen molar-refractivity contribution >= 4 is 15.9 Å². The zero-order chi connectivity index (χ0) is 6.73. The lowest BCUT2D eigenvalue weighted by atomic mass is 10.2. The first-order valence-electron chi connectivity index (χ1n) is 2.22. The van der Waals surface area contributed by atoms with E-state index >= 15 is 0 Å². The van der Waals surface area contributed by atoms with Gasteiger partial charge in [-0.1, -0.05) is 0 Å². The van der Waals surface area contributed by atoms with Crippen LogP contribution < -0.4 is 5.73 Å². The van der Waals surface area contributed by atoms with E-state index in [-0.39, 0.29) is 9.90 Å². The summed E-state index contributed by atoms with van der Waals surface area (Å²) in [5, 5.41) is 16.6. The van der Waals surface area contributed by atoms with E-state index in [0.29, 0.717) is 0 Å². The first kappa shape index (κ1) is 11.6. The largest absolute Gasteiger partial charge is 0.480 e. The number of hydrogen-bond acceptors (Lipinski definition) is 3. The molecule has 0 aromatic carbocycles. The van der Waals surface area contributed by atoms with Crippen LogP contribution in [0.25, 0.3) is 0 Å². The van der Waals surface area contributed by atoms with Crippen molar-refractivity contribution in [3.8, 4) is 0 Å². The third-order valence-corrected chi connectivity index (χ3v) is 0.805. The average Bonchev–Trinajstić information content (AvgIpc) is 1.64. The second-order valence-electron chi connectivity index (χ2n) is 1.60. The summed E-state index contributed by atoms with van der Waals surface area (Å²) in [6.45, 7) is 1.33. The van der Waals surface area contributed by atoms with Gasteiger partial charge in [0.25, 0.3) is 0 Å². The molecule has 0 aliphatic rings. The third-order valence-electron chi connectivity index (χ3n) is 0.805. The van der Waals surface area contributed by atoms with E-state index in [1.54, 1.807) is 0 Å². The first-order valence-corrected chi connectivity index (χ1v) is 2.22. The molecule has 0 heterocycles. The van der Waals surface area contributed by atoms with Crippen molar-refractivity contribution in [1.82, 2.24) is 0 Å². The maximum atomic E-state index is 9.86. The number of hydrogen-bond donors (Lipinski definition) is 3. The molecule has 0 aromatic heterocycles. The van der Waals surface area contributed by atoms with E-state index in [2.05, 4.69) is 0 Å². The fourth-order valence-corrected chi connectivity index (χ4v) is 0.206. The predicted octanol–water partition coefficient (Wildman–Crippen LogP) is -1.16. The van der Waals surface area contributed by atoms with E-state index in [4.69, 9.17) is 15.9 Å². The van der Waals surface area contributed by atoms with E-state index < -0.39 is 18.1 Å². The van der Waals surface area contributed by atoms with Crippen LogP contribution in [0.15, 0.2) is 0 Å². The van der Waals surface area contributed by atoms with E-state index in [0.717, 1.165) is 0 Å². The Hall–Kier alpha value is -0.180. The van der Waals surface area contributed by atoms with Crippen molar-refractivity contribution in [1.29, 1.82) is 0 Å². The molecule has 9 heavy (non-hydrogen) atoms. The normalized spacial score (nSPS) is 15.4. The smallest absolute Gasteiger partial charge is 0.323 e. The van der Waals surface area contributed by atoms with Crippen molar-refractivity contribution in [2.24, 2.45) is 5.73 Å². The van der Waals surface area contributed by atoms with Crippen molar-refractivity contribution in [2.75, 3.05) is 0 Å². The Bertz CT molecular complexity index is 95.8. The number of carboxylic acid groups (broad SMARTS) is 1. The Morgan fingerprint density at radius 3 is 2.00 bits per heavy atom. The maximum absolute atomic E-state index is 9.86. The molecule has 56 valence electrons. The number of aliphatic carboxylic acids is 1. The topological polar surface area (TPSA) is 83.5 Å². The SMILES string of the molecule is CC(O)C(N)C(=O)O.P. The standard InChI is InChI=1S/C4H9NO3.H3P/c1-2(6)3(5)4(7)8;/h2-3,6H,5H2,1H3,(H,7,8);1H3. The van der Waals surface area contributed by atoms with Crippen LogP contribution in [0, 0.1) is 0 Å². The summed E-state index contributed by atoms with van der Waals surface area (Å²) in [4.78, 5) is 9.86. The zero-order valence-electron chi connectivity index (χ0n) is 5.24. The molecule has 0 rings (SSSR count). The van der Waals surface area contributed by atoms with Crippen LogP contribution in [0.2, 0.25) is 0 Å². The highest BCUT2D eigenvalue weighted by Crippen LogP contribution is 1.85. The Labute approximate surface area is 56.7 Å². The molecule has 0 spiro atoms. The van der Waals surface area contributed by atoms with Crippen LogP contribution in [0.1, 0.15) is 6.92 Å². The van der Waals surface area contributed by atoms with E-state index in [9.17, 15) is 4.79 Å². The van der Waals surface area contributed by atoms with Crippen molar-refractivity contribution < 1.29 is 15.0 Å². The van der Waals surface area contributed by atoms with E-state index in [1.807, 2.05) is 0 Å². The number of aliphatic hydroxyl groups is 1. The predicted molar refractivity (Wildman–Crippen MR) is 38.4 cm³/mol. The fraction of sp³-hybridized carbons (Fsp3) is 0.750. The van der Waals surface area contributed by atoms with Crippen LogP contribution >= 0.6 is 9.90 Å². The van der Waals surface area contributed by atoms with Gasteiger partial charge in [-0.3, -0.25) is 4.79 Å². The maximum Gasteiger partial charge on any atom is 0.323 e. The van der Waals surface area contributed by atoms with Crippen LogP contribution in [0.5, 0.6) is 0 Å². The Balaban J connectivity index is 0. The number of aliphatic hydroxyl groups excluding tert-OH is 1. The van der Waals surface area contributed by atoms with Gasteiger partial charge in [0.05, 0.1) is 6.10 Å². The van der Waals surface area contributed by atoms with Crippen LogP contribution in [0.3, 0.4) is 0 Å². The molecular formula is C4H12NO3P. The van der Waals surface area contributed by atoms with Crippen molar-refractivity contribution in [3.63, 3.8) is 0 Å². The molecule has 0 radical (unpaired) electrons. The number of carbonyl (C=O) groups is 1. The minimum atomic E-state index is -1.18. The second kappa shape index (κ2) is 4.68. The third kappa shape index (κ3) is 4.33. The minimum absolute atomic E-state index is 0. The zero-order valence-corrected chi connectivity index (χ0v) is 6.66. The van der Waals surface area contributed by atoms with Crippen LogP contribution in [-0.4, -0.2) is 28.3 Å². The lowest BCUT2D eigenvalue weighted by molar-refractivity contribution is -0.140. The van der Waals surface area contributed by atoms with Gasteiger partial charge in [0.1, 0.15) is 6.04 Å². The van der Waals surface area contributed by atoms with Gasteiger partial charge >= 0.3 is 5.97 Å². The molecule has 4 N–H and O–H groups in total. The van der Waals surface area contributed by atoms with Crippen LogP contribution in [-0.2, 0) is 4.79 Å². The summed E-state index contributed by atoms with van der Waals surface area (Å²) >= 11 is 0. The van der Waals surface area contributed by atoms with Gasteiger partial charge in [-0.15, -0.1) is 0 Å². The summed E-state index contributed by atoms with van der Waals surface area (Å²) < 4.78 is 0.